The van der Waals surface area contributed by atoms with Crippen LogP contribution in [0.1, 0.15) is 60.5 Å². The number of hydrogen-bond acceptors (Lipinski definition) is 3. The van der Waals surface area contributed by atoms with Crippen LogP contribution in [0.3, 0.4) is 0 Å². The number of aromatic nitrogens is 1. The summed E-state index contributed by atoms with van der Waals surface area (Å²) in [4.78, 5) is 28.3. The number of carbonyl (C=O) groups excluding carboxylic acids is 2. The second-order valence-electron chi connectivity index (χ2n) is 10.2. The summed E-state index contributed by atoms with van der Waals surface area (Å²) in [7, 11) is 0. The predicted molar refractivity (Wildman–Crippen MR) is 133 cm³/mol. The van der Waals surface area contributed by atoms with Crippen molar-refractivity contribution >= 4 is 22.6 Å². The minimum absolute atomic E-state index is 0.0741. The molecule has 1 amide bonds. The van der Waals surface area contributed by atoms with E-state index in [1.165, 1.54) is 27.8 Å². The van der Waals surface area contributed by atoms with Crippen molar-refractivity contribution < 1.29 is 14.3 Å². The molecule has 2 unspecified atom stereocenters. The van der Waals surface area contributed by atoms with E-state index in [4.69, 9.17) is 4.74 Å². The second-order valence-corrected chi connectivity index (χ2v) is 10.2. The molecule has 3 aliphatic rings. The molecule has 1 aromatic heterocycles. The molecule has 1 saturated carbocycles. The molecule has 0 N–H and O–H groups in total. The van der Waals surface area contributed by atoms with Gasteiger partial charge in [0, 0.05) is 47.6 Å². The average Bonchev–Trinajstić information content (AvgIpc) is 3.54. The lowest BCUT2D eigenvalue weighted by atomic mass is 9.92. The molecule has 1 aliphatic carbocycles. The number of unbranched alkanes of at least 4 members (excludes halogenated alkanes) is 1. The number of fused-ring (bicyclic) bond motifs is 7. The Bertz CT molecular complexity index is 1300. The van der Waals surface area contributed by atoms with Gasteiger partial charge in [-0.3, -0.25) is 9.59 Å². The summed E-state index contributed by atoms with van der Waals surface area (Å²) in [5.41, 5.74) is 6.57. The fourth-order valence-electron chi connectivity index (χ4n) is 6.29. The topological polar surface area (TPSA) is 51.5 Å². The Morgan fingerprint density at radius 1 is 1.12 bits per heavy atom. The lowest BCUT2D eigenvalue weighted by molar-refractivity contribution is -0.141. The van der Waals surface area contributed by atoms with Crippen LogP contribution in [0.4, 0.5) is 0 Å². The molecule has 0 bridgehead atoms. The zero-order valence-electron chi connectivity index (χ0n) is 20.1. The third-order valence-corrected chi connectivity index (χ3v) is 8.19. The largest absolute Gasteiger partial charge is 0.378 e. The Morgan fingerprint density at radius 3 is 2.68 bits per heavy atom. The highest BCUT2D eigenvalue weighted by Gasteiger charge is 2.63. The Balaban J connectivity index is 1.58. The van der Waals surface area contributed by atoms with Crippen LogP contribution < -0.4 is 0 Å². The van der Waals surface area contributed by atoms with E-state index in [9.17, 15) is 9.59 Å². The van der Waals surface area contributed by atoms with Crippen LogP contribution in [0.5, 0.6) is 0 Å². The minimum Gasteiger partial charge on any atom is -0.378 e. The molecule has 3 heterocycles. The van der Waals surface area contributed by atoms with Crippen LogP contribution in [-0.4, -0.2) is 47.5 Å². The maximum absolute atomic E-state index is 14.0. The normalized spacial score (nSPS) is 23.1. The highest BCUT2D eigenvalue weighted by molar-refractivity contribution is 6.01. The summed E-state index contributed by atoms with van der Waals surface area (Å²) in [5, 5.41) is 1.22. The van der Waals surface area contributed by atoms with E-state index in [1.54, 1.807) is 6.92 Å². The first-order valence-corrected chi connectivity index (χ1v) is 12.7. The number of benzene rings is 2. The Morgan fingerprint density at radius 2 is 1.91 bits per heavy atom. The second kappa shape index (κ2) is 8.09. The van der Waals surface area contributed by atoms with Gasteiger partial charge in [0.05, 0.1) is 24.3 Å². The molecule has 2 aliphatic heterocycles. The zero-order valence-corrected chi connectivity index (χ0v) is 20.1. The number of amides is 1. The number of carbonyl (C=O) groups is 2. The van der Waals surface area contributed by atoms with E-state index in [0.717, 1.165) is 36.8 Å². The highest BCUT2D eigenvalue weighted by atomic mass is 16.5. The van der Waals surface area contributed by atoms with E-state index < -0.39 is 5.41 Å². The van der Waals surface area contributed by atoms with Gasteiger partial charge >= 0.3 is 0 Å². The van der Waals surface area contributed by atoms with Crippen molar-refractivity contribution in [1.82, 2.24) is 9.47 Å². The smallest absolute Gasteiger partial charge is 0.231 e. The van der Waals surface area contributed by atoms with Gasteiger partial charge < -0.3 is 14.2 Å². The van der Waals surface area contributed by atoms with Gasteiger partial charge in [-0.15, -0.1) is 0 Å². The number of ether oxygens (including phenoxy) is 1. The number of Topliss-reactive ketones (excluding diaryl/α,β-unsaturated/α-hetero) is 1. The van der Waals surface area contributed by atoms with E-state index in [-0.39, 0.29) is 17.6 Å². The maximum Gasteiger partial charge on any atom is 0.231 e. The van der Waals surface area contributed by atoms with Gasteiger partial charge in [0.2, 0.25) is 5.91 Å². The molecule has 3 aromatic rings. The first-order chi connectivity index (χ1) is 16.5. The van der Waals surface area contributed by atoms with E-state index in [1.807, 2.05) is 11.0 Å². The van der Waals surface area contributed by atoms with Crippen LogP contribution in [-0.2, 0) is 22.5 Å². The van der Waals surface area contributed by atoms with E-state index in [0.29, 0.717) is 32.8 Å². The molecule has 1 saturated heterocycles. The fourth-order valence-corrected chi connectivity index (χ4v) is 6.29. The van der Waals surface area contributed by atoms with Gasteiger partial charge in [-0.25, -0.2) is 0 Å². The predicted octanol–water partition coefficient (Wildman–Crippen LogP) is 5.20. The van der Waals surface area contributed by atoms with Crippen LogP contribution >= 0.6 is 0 Å². The molecule has 2 atom stereocenters. The number of rotatable bonds is 5. The molecule has 176 valence electrons. The Hall–Kier alpha value is -2.92. The monoisotopic (exact) mass is 456 g/mol. The summed E-state index contributed by atoms with van der Waals surface area (Å²) in [6, 6.07) is 14.8. The molecule has 2 aromatic carbocycles. The van der Waals surface area contributed by atoms with Crippen LogP contribution in [0.25, 0.3) is 22.2 Å². The van der Waals surface area contributed by atoms with E-state index in [2.05, 4.69) is 47.9 Å². The van der Waals surface area contributed by atoms with E-state index >= 15 is 0 Å². The van der Waals surface area contributed by atoms with Gasteiger partial charge in [-0.05, 0) is 43.4 Å². The Kier molecular flexibility index (Phi) is 5.14. The fraction of sp³-hybridized carbons (Fsp3) is 0.448. The van der Waals surface area contributed by atoms with Gasteiger partial charge in [-0.2, -0.15) is 0 Å². The van der Waals surface area contributed by atoms with Crippen molar-refractivity contribution in [3.8, 4) is 11.3 Å². The van der Waals surface area contributed by atoms with Gasteiger partial charge in [0.15, 0.2) is 5.78 Å². The molecular formula is C29H32N2O3. The number of aryl methyl sites for hydroxylation is 1. The number of ketones is 1. The number of hydrogen-bond donors (Lipinski definition) is 0. The number of nitrogens with zero attached hydrogens (tertiary/aromatic N) is 2. The summed E-state index contributed by atoms with van der Waals surface area (Å²) >= 11 is 0. The van der Waals surface area contributed by atoms with Gasteiger partial charge in [0.1, 0.15) is 0 Å². The van der Waals surface area contributed by atoms with Crippen LogP contribution in [0, 0.1) is 5.41 Å². The van der Waals surface area contributed by atoms with Crippen molar-refractivity contribution in [2.24, 2.45) is 5.41 Å². The summed E-state index contributed by atoms with van der Waals surface area (Å²) < 4.78 is 7.91. The maximum atomic E-state index is 14.0. The summed E-state index contributed by atoms with van der Waals surface area (Å²) in [6.07, 6.45) is 4.12. The molecule has 2 fully saturated rings. The average molecular weight is 457 g/mol. The Labute approximate surface area is 200 Å². The molecule has 5 nitrogen and oxygen atoms in total. The summed E-state index contributed by atoms with van der Waals surface area (Å²) in [5.74, 6) is 0.581. The highest BCUT2D eigenvalue weighted by Crippen LogP contribution is 2.65. The first kappa shape index (κ1) is 21.6. The SMILES string of the molecule is CCCCc1c2n(c3cc(C(C)=O)ccc13)CC1(C(=O)N3CCOCC3)CC1c1ccccc1-2. The molecule has 6 rings (SSSR count). The quantitative estimate of drug-likeness (QED) is 0.496. The van der Waals surface area contributed by atoms with Crippen molar-refractivity contribution in [2.75, 3.05) is 26.3 Å². The standard InChI is InChI=1S/C29H32N2O3/c1-3-4-7-24-22-11-10-20(19(2)32)16-26(22)31-18-29(28(33)30-12-14-34-15-13-30)17-25(29)21-8-5-6-9-23(21)27(24)31/h5-6,8-11,16,25H,3-4,7,12-15,17-18H2,1-2H3. The third kappa shape index (κ3) is 3.17. The first-order valence-electron chi connectivity index (χ1n) is 12.7. The van der Waals surface area contributed by atoms with Crippen molar-refractivity contribution in [3.63, 3.8) is 0 Å². The lowest BCUT2D eigenvalue weighted by Crippen LogP contribution is -2.45. The zero-order chi connectivity index (χ0) is 23.4. The van der Waals surface area contributed by atoms with Crippen molar-refractivity contribution in [3.05, 3.63) is 59.2 Å². The van der Waals surface area contributed by atoms with Gasteiger partial charge in [-0.1, -0.05) is 49.7 Å². The minimum atomic E-state index is -0.418. The molecule has 0 radical (unpaired) electrons. The third-order valence-electron chi connectivity index (χ3n) is 8.19. The molecule has 34 heavy (non-hydrogen) atoms. The summed E-state index contributed by atoms with van der Waals surface area (Å²) in [6.45, 7) is 7.09. The van der Waals surface area contributed by atoms with Crippen LogP contribution in [0.2, 0.25) is 0 Å². The van der Waals surface area contributed by atoms with Crippen molar-refractivity contribution in [2.45, 2.75) is 52.0 Å². The van der Waals surface area contributed by atoms with Crippen molar-refractivity contribution in [1.29, 1.82) is 0 Å². The molecule has 5 heteroatoms. The lowest BCUT2D eigenvalue weighted by Gasteiger charge is -2.31. The van der Waals surface area contributed by atoms with Gasteiger partial charge in [0.25, 0.3) is 0 Å². The molecule has 0 spiro atoms. The molecular weight excluding hydrogens is 424 g/mol. The van der Waals surface area contributed by atoms with Crippen LogP contribution in [0.15, 0.2) is 42.5 Å². The number of morpholine rings is 1.